The molecule has 0 unspecified atom stereocenters. The highest BCUT2D eigenvalue weighted by Crippen LogP contribution is 2.26. The van der Waals surface area contributed by atoms with Crippen molar-refractivity contribution in [3.8, 4) is 5.75 Å². The highest BCUT2D eigenvalue weighted by molar-refractivity contribution is 14.1. The third-order valence-corrected chi connectivity index (χ3v) is 3.47. The van der Waals surface area contributed by atoms with E-state index in [1.165, 1.54) is 6.07 Å². The molecule has 0 aliphatic carbocycles. The Kier molecular flexibility index (Phi) is 2.32. The van der Waals surface area contributed by atoms with E-state index < -0.39 is 0 Å². The van der Waals surface area contributed by atoms with Crippen LogP contribution in [0.5, 0.6) is 5.75 Å². The summed E-state index contributed by atoms with van der Waals surface area (Å²) in [4.78, 5) is 12.3. The smallest absolute Gasteiger partial charge is 0.201 e. The number of phenols is 1. The Labute approximate surface area is 110 Å². The molecule has 1 N–H and O–H groups in total. The maximum Gasteiger partial charge on any atom is 0.201 e. The van der Waals surface area contributed by atoms with E-state index in [9.17, 15) is 9.90 Å². The average Bonchev–Trinajstić information content (AvgIpc) is 2.28. The van der Waals surface area contributed by atoms with Crippen LogP contribution in [0.2, 0.25) is 0 Å². The second-order valence-corrected chi connectivity index (χ2v) is 4.89. The number of fused-ring (bicyclic) bond motifs is 2. The molecule has 0 saturated heterocycles. The molecule has 1 heterocycles. The third-order valence-electron chi connectivity index (χ3n) is 2.62. The molecule has 0 aliphatic heterocycles. The van der Waals surface area contributed by atoms with Crippen LogP contribution in [-0.4, -0.2) is 5.11 Å². The van der Waals surface area contributed by atoms with Gasteiger partial charge in [-0.3, -0.25) is 4.79 Å². The lowest BCUT2D eigenvalue weighted by atomic mass is 10.1. The molecule has 0 amide bonds. The number of phenolic OH excluding ortho intramolecular Hbond substituents is 1. The van der Waals surface area contributed by atoms with Crippen LogP contribution in [0.1, 0.15) is 0 Å². The topological polar surface area (TPSA) is 50.4 Å². The van der Waals surface area contributed by atoms with Crippen LogP contribution < -0.4 is 5.43 Å². The standard InChI is InChI=1S/C13H7IO3/c14-9-5-7(15)6-11-12(9)13(16)8-3-1-2-4-10(8)17-11/h1-6,15H. The largest absolute Gasteiger partial charge is 0.508 e. The molecule has 4 heteroatoms. The highest BCUT2D eigenvalue weighted by atomic mass is 127. The summed E-state index contributed by atoms with van der Waals surface area (Å²) < 4.78 is 6.32. The van der Waals surface area contributed by atoms with Gasteiger partial charge in [0.15, 0.2) is 0 Å². The Bertz CT molecular complexity index is 790. The molecule has 0 bridgehead atoms. The van der Waals surface area contributed by atoms with E-state index in [2.05, 4.69) is 0 Å². The zero-order chi connectivity index (χ0) is 12.0. The van der Waals surface area contributed by atoms with Crippen molar-refractivity contribution in [1.29, 1.82) is 0 Å². The third kappa shape index (κ3) is 1.59. The quantitative estimate of drug-likeness (QED) is 0.506. The van der Waals surface area contributed by atoms with Crippen LogP contribution in [0.3, 0.4) is 0 Å². The Morgan fingerprint density at radius 1 is 1.12 bits per heavy atom. The first-order valence-corrected chi connectivity index (χ1v) is 6.09. The van der Waals surface area contributed by atoms with Crippen LogP contribution in [-0.2, 0) is 0 Å². The van der Waals surface area contributed by atoms with E-state index in [-0.39, 0.29) is 11.2 Å². The van der Waals surface area contributed by atoms with Gasteiger partial charge in [0.1, 0.15) is 16.9 Å². The summed E-state index contributed by atoms with van der Waals surface area (Å²) in [5, 5.41) is 10.6. The number of rotatable bonds is 0. The van der Waals surface area contributed by atoms with Gasteiger partial charge in [0.25, 0.3) is 0 Å². The van der Waals surface area contributed by atoms with E-state index in [0.29, 0.717) is 25.5 Å². The van der Waals surface area contributed by atoms with E-state index in [1.807, 2.05) is 28.7 Å². The number of halogens is 1. The molecule has 3 rings (SSSR count). The van der Waals surface area contributed by atoms with Gasteiger partial charge in [0.05, 0.1) is 10.8 Å². The van der Waals surface area contributed by atoms with Gasteiger partial charge in [-0.05, 0) is 40.8 Å². The van der Waals surface area contributed by atoms with Gasteiger partial charge in [-0.2, -0.15) is 0 Å². The van der Waals surface area contributed by atoms with Crippen molar-refractivity contribution in [2.45, 2.75) is 0 Å². The average molecular weight is 338 g/mol. The number of aromatic hydroxyl groups is 1. The van der Waals surface area contributed by atoms with Crippen molar-refractivity contribution >= 4 is 44.5 Å². The summed E-state index contributed by atoms with van der Waals surface area (Å²) in [6.07, 6.45) is 0. The van der Waals surface area contributed by atoms with E-state index in [0.717, 1.165) is 0 Å². The molecule has 0 radical (unpaired) electrons. The summed E-state index contributed by atoms with van der Waals surface area (Å²) in [6, 6.07) is 10.1. The molecule has 0 saturated carbocycles. The molecule has 0 atom stereocenters. The summed E-state index contributed by atoms with van der Waals surface area (Å²) in [7, 11) is 0. The van der Waals surface area contributed by atoms with Gasteiger partial charge in [-0.15, -0.1) is 0 Å². The highest BCUT2D eigenvalue weighted by Gasteiger charge is 2.11. The zero-order valence-corrected chi connectivity index (χ0v) is 10.8. The number of benzene rings is 2. The lowest BCUT2D eigenvalue weighted by Gasteiger charge is -2.03. The van der Waals surface area contributed by atoms with Crippen molar-refractivity contribution in [2.75, 3.05) is 0 Å². The van der Waals surface area contributed by atoms with Crippen LogP contribution in [0.4, 0.5) is 0 Å². The molecule has 3 nitrogen and oxygen atoms in total. The van der Waals surface area contributed by atoms with Crippen LogP contribution in [0.15, 0.2) is 45.6 Å². The lowest BCUT2D eigenvalue weighted by Crippen LogP contribution is -2.03. The maximum absolute atomic E-state index is 12.3. The van der Waals surface area contributed by atoms with Crippen molar-refractivity contribution in [1.82, 2.24) is 0 Å². The zero-order valence-electron chi connectivity index (χ0n) is 8.61. The van der Waals surface area contributed by atoms with Crippen molar-refractivity contribution < 1.29 is 9.52 Å². The summed E-state index contributed by atoms with van der Waals surface area (Å²) in [5.41, 5.74) is 0.885. The number of hydrogen-bond donors (Lipinski definition) is 1. The Balaban J connectivity index is 2.64. The minimum atomic E-state index is -0.0637. The van der Waals surface area contributed by atoms with Crippen LogP contribution >= 0.6 is 22.6 Å². The minimum absolute atomic E-state index is 0.0637. The summed E-state index contributed by atoms with van der Waals surface area (Å²) in [6.45, 7) is 0. The molecule has 0 fully saturated rings. The molecule has 0 spiro atoms. The monoisotopic (exact) mass is 338 g/mol. The molecular weight excluding hydrogens is 331 g/mol. The molecule has 84 valence electrons. The second-order valence-electron chi connectivity index (χ2n) is 3.73. The molecule has 1 aromatic heterocycles. The maximum atomic E-state index is 12.3. The van der Waals surface area contributed by atoms with Gasteiger partial charge < -0.3 is 9.52 Å². The van der Waals surface area contributed by atoms with Crippen molar-refractivity contribution in [3.63, 3.8) is 0 Å². The van der Waals surface area contributed by atoms with Crippen LogP contribution in [0, 0.1) is 3.57 Å². The first-order chi connectivity index (χ1) is 8.16. The fourth-order valence-corrected chi connectivity index (χ4v) is 2.69. The molecule has 0 aliphatic rings. The predicted octanol–water partition coefficient (Wildman–Crippen LogP) is 3.26. The van der Waals surface area contributed by atoms with Gasteiger partial charge in [0.2, 0.25) is 5.43 Å². The van der Waals surface area contributed by atoms with E-state index in [1.54, 1.807) is 24.3 Å². The fraction of sp³-hybridized carbons (Fsp3) is 0. The summed E-state index contributed by atoms with van der Waals surface area (Å²) in [5.74, 6) is 0.0975. The number of para-hydroxylation sites is 1. The number of hydrogen-bond acceptors (Lipinski definition) is 3. The second kappa shape index (κ2) is 3.73. The van der Waals surface area contributed by atoms with E-state index in [4.69, 9.17) is 4.42 Å². The summed E-state index contributed by atoms with van der Waals surface area (Å²) >= 11 is 2.02. The molecule has 2 aromatic carbocycles. The first-order valence-electron chi connectivity index (χ1n) is 5.01. The lowest BCUT2D eigenvalue weighted by molar-refractivity contribution is 0.474. The Hall–Kier alpha value is -1.56. The minimum Gasteiger partial charge on any atom is -0.508 e. The van der Waals surface area contributed by atoms with Gasteiger partial charge in [0, 0.05) is 9.64 Å². The van der Waals surface area contributed by atoms with Crippen molar-refractivity contribution in [3.05, 3.63) is 50.2 Å². The van der Waals surface area contributed by atoms with Gasteiger partial charge in [-0.1, -0.05) is 12.1 Å². The van der Waals surface area contributed by atoms with Crippen molar-refractivity contribution in [2.24, 2.45) is 0 Å². The first kappa shape index (κ1) is 10.6. The normalized spacial score (nSPS) is 11.1. The van der Waals surface area contributed by atoms with E-state index >= 15 is 0 Å². The van der Waals surface area contributed by atoms with Gasteiger partial charge >= 0.3 is 0 Å². The predicted molar refractivity (Wildman–Crippen MR) is 74.4 cm³/mol. The Morgan fingerprint density at radius 3 is 2.71 bits per heavy atom. The molecule has 17 heavy (non-hydrogen) atoms. The van der Waals surface area contributed by atoms with Gasteiger partial charge in [-0.25, -0.2) is 0 Å². The molecule has 3 aromatic rings. The fourth-order valence-electron chi connectivity index (χ4n) is 1.87. The SMILES string of the molecule is O=c1c2ccccc2oc2cc(O)cc(I)c12. The molecular formula is C13H7IO3. The Morgan fingerprint density at radius 2 is 1.88 bits per heavy atom. The van der Waals surface area contributed by atoms with Crippen LogP contribution in [0.25, 0.3) is 21.9 Å².